The van der Waals surface area contributed by atoms with E-state index in [4.69, 9.17) is 18.9 Å². The van der Waals surface area contributed by atoms with Gasteiger partial charge in [0.25, 0.3) is 0 Å². The molecule has 0 fully saturated rings. The highest BCUT2D eigenvalue weighted by Gasteiger charge is 2.39. The van der Waals surface area contributed by atoms with E-state index in [1.807, 2.05) is 0 Å². The molecule has 3 rings (SSSR count). The summed E-state index contributed by atoms with van der Waals surface area (Å²) < 4.78 is 22.3. The monoisotopic (exact) mass is 525 g/mol. The van der Waals surface area contributed by atoms with E-state index >= 15 is 0 Å². The lowest BCUT2D eigenvalue weighted by molar-refractivity contribution is -0.159. The maximum absolute atomic E-state index is 13.1. The van der Waals surface area contributed by atoms with E-state index in [-0.39, 0.29) is 43.6 Å². The van der Waals surface area contributed by atoms with Gasteiger partial charge in [-0.25, -0.2) is 9.97 Å². The van der Waals surface area contributed by atoms with Crippen molar-refractivity contribution in [3.63, 3.8) is 0 Å². The van der Waals surface area contributed by atoms with Gasteiger partial charge >= 0.3 is 23.9 Å². The number of hydrogen-bond donors (Lipinski definition) is 0. The summed E-state index contributed by atoms with van der Waals surface area (Å²) in [5.41, 5.74) is 1.46. The molecule has 0 aliphatic carbocycles. The normalized spacial score (nSPS) is 11.0. The molecule has 1 aromatic carbocycles. The van der Waals surface area contributed by atoms with E-state index in [2.05, 4.69) is 9.97 Å². The molecule has 202 valence electrons. The van der Waals surface area contributed by atoms with E-state index < -0.39 is 35.7 Å². The van der Waals surface area contributed by atoms with Gasteiger partial charge < -0.3 is 18.9 Å². The molecule has 2 aromatic heterocycles. The zero-order chi connectivity index (χ0) is 27.8. The number of carbonyl (C=O) groups is 4. The summed E-state index contributed by atoms with van der Waals surface area (Å²) in [6, 6.07) is 6.67. The molecule has 0 saturated carbocycles. The molecule has 0 aliphatic heterocycles. The van der Waals surface area contributed by atoms with Crippen molar-refractivity contribution in [2.24, 2.45) is 0 Å². The molecule has 0 atom stereocenters. The fourth-order valence-corrected chi connectivity index (χ4v) is 4.20. The van der Waals surface area contributed by atoms with Crippen LogP contribution >= 0.6 is 0 Å². The summed E-state index contributed by atoms with van der Waals surface area (Å²) >= 11 is 0. The predicted molar refractivity (Wildman–Crippen MR) is 136 cm³/mol. The van der Waals surface area contributed by atoms with Gasteiger partial charge in [-0.3, -0.25) is 23.7 Å². The number of benzene rings is 1. The second kappa shape index (κ2) is 12.8. The molecule has 0 saturated heterocycles. The third-order valence-electron chi connectivity index (χ3n) is 5.55. The van der Waals surface area contributed by atoms with Crippen LogP contribution in [0.25, 0.3) is 16.9 Å². The number of esters is 4. The van der Waals surface area contributed by atoms with Crippen molar-refractivity contribution in [3.8, 4) is 5.95 Å². The number of aryl methyl sites for hydroxylation is 1. The maximum atomic E-state index is 13.1. The largest absolute Gasteiger partial charge is 0.465 e. The first-order valence-electron chi connectivity index (χ1n) is 12.4. The average molecular weight is 526 g/mol. The second-order valence-corrected chi connectivity index (χ2v) is 8.12. The van der Waals surface area contributed by atoms with Crippen LogP contribution in [0.15, 0.2) is 36.7 Å². The Balaban J connectivity index is 2.45. The van der Waals surface area contributed by atoms with Crippen LogP contribution < -0.4 is 0 Å². The topological polar surface area (TPSA) is 136 Å². The fourth-order valence-electron chi connectivity index (χ4n) is 4.20. The van der Waals surface area contributed by atoms with Gasteiger partial charge in [0.15, 0.2) is 11.8 Å². The van der Waals surface area contributed by atoms with Crippen LogP contribution in [0.3, 0.4) is 0 Å². The molecule has 38 heavy (non-hydrogen) atoms. The summed E-state index contributed by atoms with van der Waals surface area (Å²) in [6.07, 6.45) is 2.98. The number of nitrogens with zero attached hydrogens (tertiary/aromatic N) is 3. The van der Waals surface area contributed by atoms with Crippen LogP contribution in [-0.2, 0) is 38.1 Å². The number of aromatic nitrogens is 3. The van der Waals surface area contributed by atoms with Crippen LogP contribution in [0, 0.1) is 6.92 Å². The maximum Gasteiger partial charge on any atom is 0.326 e. The van der Waals surface area contributed by atoms with Gasteiger partial charge in [-0.15, -0.1) is 0 Å². The number of carbonyl (C=O) groups excluding carboxylic acids is 4. The summed E-state index contributed by atoms with van der Waals surface area (Å²) in [5.74, 6) is -6.06. The quantitative estimate of drug-likeness (QED) is 0.209. The van der Waals surface area contributed by atoms with Crippen molar-refractivity contribution in [1.82, 2.24) is 14.5 Å². The third-order valence-corrected chi connectivity index (χ3v) is 5.55. The van der Waals surface area contributed by atoms with Gasteiger partial charge in [-0.2, -0.15) is 0 Å². The molecule has 0 N–H and O–H groups in total. The Morgan fingerprint density at radius 3 is 1.68 bits per heavy atom. The van der Waals surface area contributed by atoms with Crippen LogP contribution in [0.2, 0.25) is 0 Å². The van der Waals surface area contributed by atoms with Gasteiger partial charge in [0, 0.05) is 23.3 Å². The molecule has 3 aromatic rings. The zero-order valence-electron chi connectivity index (χ0n) is 22.1. The summed E-state index contributed by atoms with van der Waals surface area (Å²) in [4.78, 5) is 60.9. The number of hydrogen-bond acceptors (Lipinski definition) is 10. The minimum Gasteiger partial charge on any atom is -0.465 e. The molecule has 0 aliphatic rings. The number of rotatable bonds is 11. The molecular weight excluding hydrogens is 494 g/mol. The van der Waals surface area contributed by atoms with Gasteiger partial charge in [0.2, 0.25) is 5.95 Å². The van der Waals surface area contributed by atoms with Crippen molar-refractivity contribution in [1.29, 1.82) is 0 Å². The lowest BCUT2D eigenvalue weighted by atomic mass is 9.95. The van der Waals surface area contributed by atoms with Gasteiger partial charge in [0.05, 0.1) is 37.6 Å². The van der Waals surface area contributed by atoms with E-state index in [0.717, 1.165) is 0 Å². The van der Waals surface area contributed by atoms with Crippen LogP contribution in [0.5, 0.6) is 0 Å². The molecule has 11 nitrogen and oxygen atoms in total. The predicted octanol–water partition coefficient (Wildman–Crippen LogP) is 3.15. The lowest BCUT2D eigenvalue weighted by Gasteiger charge is -2.20. The Hall–Kier alpha value is -4.28. The van der Waals surface area contributed by atoms with Crippen LogP contribution in [0.4, 0.5) is 0 Å². The highest BCUT2D eigenvalue weighted by molar-refractivity contribution is 6.06. The minimum atomic E-state index is -1.48. The first kappa shape index (κ1) is 28.3. The molecular formula is C27H31N3O8. The molecule has 0 spiro atoms. The summed E-state index contributed by atoms with van der Waals surface area (Å²) in [5, 5.41) is 0.527. The second-order valence-electron chi connectivity index (χ2n) is 8.12. The third kappa shape index (κ3) is 5.82. The van der Waals surface area contributed by atoms with Crippen molar-refractivity contribution in [2.45, 2.75) is 46.5 Å². The molecule has 0 bridgehead atoms. The number of ether oxygens (including phenoxy) is 4. The Morgan fingerprint density at radius 2 is 1.21 bits per heavy atom. The van der Waals surface area contributed by atoms with Crippen LogP contribution in [0.1, 0.15) is 56.4 Å². The van der Waals surface area contributed by atoms with E-state index in [1.165, 1.54) is 17.0 Å². The van der Waals surface area contributed by atoms with Crippen molar-refractivity contribution >= 4 is 34.8 Å². The molecule has 0 amide bonds. The van der Waals surface area contributed by atoms with Gasteiger partial charge in [-0.1, -0.05) is 11.6 Å². The van der Waals surface area contributed by atoms with E-state index in [0.29, 0.717) is 16.5 Å². The fraction of sp³-hybridized carbons (Fsp3) is 0.407. The van der Waals surface area contributed by atoms with E-state index in [9.17, 15) is 19.2 Å². The highest BCUT2D eigenvalue weighted by Crippen LogP contribution is 2.36. The lowest BCUT2D eigenvalue weighted by Crippen LogP contribution is -2.29. The smallest absolute Gasteiger partial charge is 0.326 e. The Labute approximate surface area is 220 Å². The SMILES string of the molecule is CCOC(=O)C(C(=O)OCC)c1cc(C)cc2cc(C(C(=O)OCC)C(=O)OCC)n(-c3ncccn3)c12. The Kier molecular flexibility index (Phi) is 9.53. The number of fused-ring (bicyclic) bond motifs is 1. The molecule has 11 heteroatoms. The van der Waals surface area contributed by atoms with Gasteiger partial charge in [-0.05, 0) is 52.8 Å². The standard InChI is InChI=1S/C27H31N3O8/c1-6-35-23(31)20(24(32)36-7-2)18-14-16(5)13-17-15-19(21(25(33)37-8-3)26(34)38-9-4)30(22(17)18)27-28-11-10-12-29-27/h10-15,20-21H,6-9H2,1-5H3. The van der Waals surface area contributed by atoms with Crippen molar-refractivity contribution in [2.75, 3.05) is 26.4 Å². The highest BCUT2D eigenvalue weighted by atomic mass is 16.6. The van der Waals surface area contributed by atoms with Crippen molar-refractivity contribution in [3.05, 3.63) is 53.5 Å². The Bertz CT molecular complexity index is 1280. The van der Waals surface area contributed by atoms with E-state index in [1.54, 1.807) is 58.9 Å². The first-order chi connectivity index (χ1) is 18.3. The first-order valence-corrected chi connectivity index (χ1v) is 12.4. The Morgan fingerprint density at radius 1 is 0.737 bits per heavy atom. The summed E-state index contributed by atoms with van der Waals surface area (Å²) in [6.45, 7) is 8.48. The zero-order valence-corrected chi connectivity index (χ0v) is 22.1. The summed E-state index contributed by atoms with van der Waals surface area (Å²) in [7, 11) is 0. The van der Waals surface area contributed by atoms with Crippen molar-refractivity contribution < 1.29 is 38.1 Å². The van der Waals surface area contributed by atoms with Crippen LogP contribution in [-0.4, -0.2) is 64.8 Å². The molecule has 2 heterocycles. The average Bonchev–Trinajstić information content (AvgIpc) is 3.24. The molecule has 0 unspecified atom stereocenters. The minimum absolute atomic E-state index is 0.0367. The van der Waals surface area contributed by atoms with Gasteiger partial charge in [0.1, 0.15) is 0 Å². The molecule has 0 radical (unpaired) electrons.